The Morgan fingerprint density at radius 2 is 2.05 bits per heavy atom. The first-order valence-corrected chi connectivity index (χ1v) is 7.01. The van der Waals surface area contributed by atoms with Crippen molar-refractivity contribution in [2.45, 2.75) is 39.0 Å². The number of nitrogens with one attached hydrogen (secondary N) is 1. The molecule has 0 aliphatic heterocycles. The number of hydrogen-bond acceptors (Lipinski definition) is 5. The molecule has 1 aliphatic carbocycles. The summed E-state index contributed by atoms with van der Waals surface area (Å²) >= 11 is 0. The highest BCUT2D eigenvalue weighted by Gasteiger charge is 2.30. The molecular weight excluding hydrogens is 240 g/mol. The third-order valence-corrected chi connectivity index (χ3v) is 4.01. The van der Waals surface area contributed by atoms with E-state index in [4.69, 9.17) is 10.5 Å². The summed E-state index contributed by atoms with van der Waals surface area (Å²) in [5, 5.41) is 3.34. The Bertz CT molecular complexity index is 416. The zero-order valence-corrected chi connectivity index (χ0v) is 11.9. The van der Waals surface area contributed by atoms with Crippen LogP contribution in [-0.4, -0.2) is 30.2 Å². The SMILES string of the molecule is COc1cc(C)nc(NCC2(CN)CCCCC2)n1. The zero-order valence-electron chi connectivity index (χ0n) is 11.9. The fourth-order valence-electron chi connectivity index (χ4n) is 2.74. The molecular formula is C14H24N4O. The van der Waals surface area contributed by atoms with E-state index in [1.54, 1.807) is 7.11 Å². The van der Waals surface area contributed by atoms with Gasteiger partial charge in [-0.15, -0.1) is 0 Å². The molecule has 1 fully saturated rings. The molecule has 1 aliphatic rings. The summed E-state index contributed by atoms with van der Waals surface area (Å²) in [5.74, 6) is 1.23. The van der Waals surface area contributed by atoms with Crippen LogP contribution in [0.15, 0.2) is 6.07 Å². The fourth-order valence-corrected chi connectivity index (χ4v) is 2.74. The van der Waals surface area contributed by atoms with Crippen LogP contribution in [0, 0.1) is 12.3 Å². The van der Waals surface area contributed by atoms with Gasteiger partial charge in [-0.3, -0.25) is 0 Å². The first-order chi connectivity index (χ1) is 9.17. The summed E-state index contributed by atoms with van der Waals surface area (Å²) < 4.78 is 5.16. The number of aryl methyl sites for hydroxylation is 1. The Morgan fingerprint density at radius 3 is 2.68 bits per heavy atom. The Balaban J connectivity index is 2.02. The van der Waals surface area contributed by atoms with Crippen LogP contribution in [-0.2, 0) is 0 Å². The van der Waals surface area contributed by atoms with Crippen LogP contribution in [0.3, 0.4) is 0 Å². The predicted octanol–water partition coefficient (Wildman–Crippen LogP) is 2.11. The van der Waals surface area contributed by atoms with Crippen molar-refractivity contribution in [3.63, 3.8) is 0 Å². The van der Waals surface area contributed by atoms with E-state index in [9.17, 15) is 0 Å². The molecule has 2 rings (SSSR count). The van der Waals surface area contributed by atoms with Crippen LogP contribution in [0.25, 0.3) is 0 Å². The first kappa shape index (κ1) is 14.1. The molecule has 0 unspecified atom stereocenters. The number of aromatic nitrogens is 2. The maximum atomic E-state index is 5.98. The maximum Gasteiger partial charge on any atom is 0.226 e. The maximum absolute atomic E-state index is 5.98. The molecule has 0 spiro atoms. The van der Waals surface area contributed by atoms with Crippen molar-refractivity contribution in [3.8, 4) is 5.88 Å². The number of rotatable bonds is 5. The molecule has 0 radical (unpaired) electrons. The minimum absolute atomic E-state index is 0.207. The van der Waals surface area contributed by atoms with Crippen molar-refractivity contribution in [1.82, 2.24) is 9.97 Å². The molecule has 3 N–H and O–H groups in total. The molecule has 0 saturated heterocycles. The van der Waals surface area contributed by atoms with Crippen LogP contribution >= 0.6 is 0 Å². The van der Waals surface area contributed by atoms with Gasteiger partial charge in [0.1, 0.15) is 0 Å². The third-order valence-electron chi connectivity index (χ3n) is 4.01. The van der Waals surface area contributed by atoms with Gasteiger partial charge in [0, 0.05) is 18.3 Å². The van der Waals surface area contributed by atoms with Crippen molar-refractivity contribution in [1.29, 1.82) is 0 Å². The Kier molecular flexibility index (Phi) is 4.58. The number of ether oxygens (including phenoxy) is 1. The second-order valence-electron chi connectivity index (χ2n) is 5.49. The molecule has 1 saturated carbocycles. The molecule has 1 aromatic rings. The molecule has 1 aromatic heterocycles. The predicted molar refractivity (Wildman–Crippen MR) is 76.4 cm³/mol. The number of methoxy groups -OCH3 is 1. The molecule has 1 heterocycles. The summed E-state index contributed by atoms with van der Waals surface area (Å²) in [7, 11) is 1.62. The van der Waals surface area contributed by atoms with Gasteiger partial charge in [0.05, 0.1) is 7.11 Å². The van der Waals surface area contributed by atoms with E-state index in [2.05, 4.69) is 15.3 Å². The minimum atomic E-state index is 0.207. The van der Waals surface area contributed by atoms with Gasteiger partial charge in [-0.25, -0.2) is 4.98 Å². The van der Waals surface area contributed by atoms with Crippen molar-refractivity contribution < 1.29 is 4.74 Å². The largest absolute Gasteiger partial charge is 0.481 e. The van der Waals surface area contributed by atoms with Gasteiger partial charge < -0.3 is 15.8 Å². The van der Waals surface area contributed by atoms with E-state index in [-0.39, 0.29) is 5.41 Å². The number of nitrogens with zero attached hydrogens (tertiary/aromatic N) is 2. The van der Waals surface area contributed by atoms with Crippen LogP contribution in [0.1, 0.15) is 37.8 Å². The number of nitrogens with two attached hydrogens (primary N) is 1. The lowest BCUT2D eigenvalue weighted by Crippen LogP contribution is -2.39. The fraction of sp³-hybridized carbons (Fsp3) is 0.714. The summed E-state index contributed by atoms with van der Waals surface area (Å²) in [6.45, 7) is 3.51. The van der Waals surface area contributed by atoms with E-state index < -0.39 is 0 Å². The molecule has 0 amide bonds. The topological polar surface area (TPSA) is 73.1 Å². The molecule has 0 atom stereocenters. The standard InChI is InChI=1S/C14H24N4O/c1-11-8-12(19-2)18-13(17-11)16-10-14(9-15)6-4-3-5-7-14/h8H,3-7,9-10,15H2,1-2H3,(H,16,17,18). The van der Waals surface area contributed by atoms with Crippen molar-refractivity contribution in [2.24, 2.45) is 11.1 Å². The highest BCUT2D eigenvalue weighted by Crippen LogP contribution is 2.35. The van der Waals surface area contributed by atoms with Crippen molar-refractivity contribution >= 4 is 5.95 Å². The molecule has 19 heavy (non-hydrogen) atoms. The second kappa shape index (κ2) is 6.19. The number of anilines is 1. The Hall–Kier alpha value is -1.36. The lowest BCUT2D eigenvalue weighted by atomic mass is 9.74. The summed E-state index contributed by atoms with van der Waals surface area (Å²) in [5.41, 5.74) is 7.09. The van der Waals surface area contributed by atoms with Crippen molar-refractivity contribution in [3.05, 3.63) is 11.8 Å². The smallest absolute Gasteiger partial charge is 0.226 e. The quantitative estimate of drug-likeness (QED) is 0.852. The lowest BCUT2D eigenvalue weighted by Gasteiger charge is -2.36. The summed E-state index contributed by atoms with van der Waals surface area (Å²) in [6, 6.07) is 1.82. The van der Waals surface area contributed by atoms with Gasteiger partial charge >= 0.3 is 0 Å². The average molecular weight is 264 g/mol. The van der Waals surface area contributed by atoms with Crippen LogP contribution < -0.4 is 15.8 Å². The van der Waals surface area contributed by atoms with Gasteiger partial charge in [0.25, 0.3) is 0 Å². The normalized spacial score (nSPS) is 18.1. The molecule has 0 bridgehead atoms. The van der Waals surface area contributed by atoms with E-state index in [0.717, 1.165) is 18.8 Å². The molecule has 106 valence electrons. The molecule has 0 aromatic carbocycles. The summed E-state index contributed by atoms with van der Waals surface area (Å²) in [6.07, 6.45) is 6.27. The molecule has 5 heteroatoms. The van der Waals surface area contributed by atoms with Gasteiger partial charge in [-0.1, -0.05) is 19.3 Å². The highest BCUT2D eigenvalue weighted by atomic mass is 16.5. The van der Waals surface area contributed by atoms with Gasteiger partial charge in [-0.2, -0.15) is 4.98 Å². The van der Waals surface area contributed by atoms with E-state index in [1.807, 2.05) is 13.0 Å². The Morgan fingerprint density at radius 1 is 1.32 bits per heavy atom. The van der Waals surface area contributed by atoms with Crippen LogP contribution in [0.2, 0.25) is 0 Å². The Labute approximate surface area is 115 Å². The van der Waals surface area contributed by atoms with Gasteiger partial charge in [0.2, 0.25) is 11.8 Å². The monoisotopic (exact) mass is 264 g/mol. The molecule has 5 nitrogen and oxygen atoms in total. The first-order valence-electron chi connectivity index (χ1n) is 7.01. The van der Waals surface area contributed by atoms with Gasteiger partial charge in [-0.05, 0) is 31.7 Å². The highest BCUT2D eigenvalue weighted by molar-refractivity contribution is 5.31. The van der Waals surface area contributed by atoms with Crippen LogP contribution in [0.5, 0.6) is 5.88 Å². The van der Waals surface area contributed by atoms with E-state index >= 15 is 0 Å². The van der Waals surface area contributed by atoms with E-state index in [0.29, 0.717) is 11.8 Å². The summed E-state index contributed by atoms with van der Waals surface area (Å²) in [4.78, 5) is 8.71. The zero-order chi connectivity index (χ0) is 13.7. The third kappa shape index (κ3) is 3.56. The van der Waals surface area contributed by atoms with Crippen LogP contribution in [0.4, 0.5) is 5.95 Å². The number of hydrogen-bond donors (Lipinski definition) is 2. The van der Waals surface area contributed by atoms with Crippen molar-refractivity contribution in [2.75, 3.05) is 25.5 Å². The van der Waals surface area contributed by atoms with E-state index in [1.165, 1.54) is 32.1 Å². The van der Waals surface area contributed by atoms with Gasteiger partial charge in [0.15, 0.2) is 0 Å². The lowest BCUT2D eigenvalue weighted by molar-refractivity contribution is 0.215. The minimum Gasteiger partial charge on any atom is -0.481 e. The second-order valence-corrected chi connectivity index (χ2v) is 5.49. The average Bonchev–Trinajstić information content (AvgIpc) is 2.45.